The average Bonchev–Trinajstić information content (AvgIpc) is 3.06. The molecule has 1 unspecified atom stereocenters. The van der Waals surface area contributed by atoms with Gasteiger partial charge in [0.25, 0.3) is 0 Å². The number of hydrogen-bond acceptors (Lipinski definition) is 4. The molecule has 142 valence electrons. The number of halogens is 2. The molecule has 0 bridgehead atoms. The third-order valence-corrected chi connectivity index (χ3v) is 4.39. The highest BCUT2D eigenvalue weighted by Crippen LogP contribution is 2.34. The van der Waals surface area contributed by atoms with Crippen LogP contribution < -0.4 is 19.7 Å². The number of carbonyl (C=O) groups excluding carboxylic acids is 2. The van der Waals surface area contributed by atoms with Crippen molar-refractivity contribution in [3.05, 3.63) is 48.0 Å². The molecule has 1 aliphatic rings. The fourth-order valence-electron chi connectivity index (χ4n) is 2.97. The van der Waals surface area contributed by atoms with Gasteiger partial charge in [0.2, 0.25) is 11.8 Å². The Morgan fingerprint density at radius 1 is 1.11 bits per heavy atom. The molecule has 1 N–H and O–H groups in total. The van der Waals surface area contributed by atoms with Gasteiger partial charge in [0.05, 0.1) is 20.1 Å². The second-order valence-corrected chi connectivity index (χ2v) is 6.03. The van der Waals surface area contributed by atoms with Gasteiger partial charge in [0.15, 0.2) is 11.5 Å². The topological polar surface area (TPSA) is 67.9 Å². The van der Waals surface area contributed by atoms with E-state index in [2.05, 4.69) is 5.32 Å². The van der Waals surface area contributed by atoms with E-state index in [1.165, 1.54) is 25.2 Å². The first-order chi connectivity index (χ1) is 12.9. The summed E-state index contributed by atoms with van der Waals surface area (Å²) in [6, 6.07) is 8.27. The summed E-state index contributed by atoms with van der Waals surface area (Å²) in [5, 5.41) is 2.24. The second kappa shape index (κ2) is 7.61. The van der Waals surface area contributed by atoms with Crippen molar-refractivity contribution >= 4 is 23.2 Å². The predicted octanol–water partition coefficient (Wildman–Crippen LogP) is 2.97. The van der Waals surface area contributed by atoms with Gasteiger partial charge in [-0.25, -0.2) is 8.78 Å². The summed E-state index contributed by atoms with van der Waals surface area (Å²) < 4.78 is 37.8. The maximum Gasteiger partial charge on any atom is 0.229 e. The van der Waals surface area contributed by atoms with E-state index >= 15 is 0 Å². The van der Waals surface area contributed by atoms with Crippen LogP contribution >= 0.6 is 0 Å². The molecule has 8 heteroatoms. The molecule has 2 amide bonds. The minimum absolute atomic E-state index is 0.0593. The van der Waals surface area contributed by atoms with Crippen LogP contribution in [0.5, 0.6) is 11.5 Å². The SMILES string of the molecule is COc1ccc(N2CC(C(=O)Nc3c(F)cccc3F)CC2=O)cc1OC. The Labute approximate surface area is 154 Å². The van der Waals surface area contributed by atoms with Crippen molar-refractivity contribution < 1.29 is 27.8 Å². The van der Waals surface area contributed by atoms with Gasteiger partial charge in [-0.05, 0) is 24.3 Å². The molecule has 1 aliphatic heterocycles. The van der Waals surface area contributed by atoms with Crippen LogP contribution in [0.15, 0.2) is 36.4 Å². The summed E-state index contributed by atoms with van der Waals surface area (Å²) in [4.78, 5) is 26.2. The zero-order valence-electron chi connectivity index (χ0n) is 14.8. The van der Waals surface area contributed by atoms with Gasteiger partial charge in [-0.2, -0.15) is 0 Å². The van der Waals surface area contributed by atoms with Crippen LogP contribution in [0.2, 0.25) is 0 Å². The van der Waals surface area contributed by atoms with E-state index in [0.717, 1.165) is 12.1 Å². The van der Waals surface area contributed by atoms with E-state index < -0.39 is 29.1 Å². The monoisotopic (exact) mass is 376 g/mol. The number of benzene rings is 2. The minimum atomic E-state index is -0.871. The lowest BCUT2D eigenvalue weighted by Gasteiger charge is -2.18. The average molecular weight is 376 g/mol. The number of methoxy groups -OCH3 is 2. The van der Waals surface area contributed by atoms with Crippen LogP contribution in [0.1, 0.15) is 6.42 Å². The van der Waals surface area contributed by atoms with E-state index in [1.807, 2.05) is 0 Å². The van der Waals surface area contributed by atoms with Gasteiger partial charge in [-0.3, -0.25) is 9.59 Å². The normalized spacial score (nSPS) is 16.4. The van der Waals surface area contributed by atoms with Gasteiger partial charge in [-0.15, -0.1) is 0 Å². The minimum Gasteiger partial charge on any atom is -0.493 e. The van der Waals surface area contributed by atoms with Crippen LogP contribution in [0.3, 0.4) is 0 Å². The highest BCUT2D eigenvalue weighted by Gasteiger charge is 2.36. The lowest BCUT2D eigenvalue weighted by molar-refractivity contribution is -0.122. The lowest BCUT2D eigenvalue weighted by Crippen LogP contribution is -2.28. The first-order valence-corrected chi connectivity index (χ1v) is 8.22. The molecule has 0 aromatic heterocycles. The Hall–Kier alpha value is -3.16. The maximum atomic E-state index is 13.7. The first-order valence-electron chi connectivity index (χ1n) is 8.22. The fourth-order valence-corrected chi connectivity index (χ4v) is 2.97. The van der Waals surface area contributed by atoms with Crippen LogP contribution in [-0.2, 0) is 9.59 Å². The quantitative estimate of drug-likeness (QED) is 0.871. The number of hydrogen-bond donors (Lipinski definition) is 1. The van der Waals surface area contributed by atoms with Crippen LogP contribution in [0.4, 0.5) is 20.2 Å². The molecule has 27 heavy (non-hydrogen) atoms. The number of nitrogens with zero attached hydrogens (tertiary/aromatic N) is 1. The Bertz CT molecular complexity index is 868. The van der Waals surface area contributed by atoms with Gasteiger partial charge in [-0.1, -0.05) is 6.07 Å². The van der Waals surface area contributed by atoms with Crippen molar-refractivity contribution in [3.63, 3.8) is 0 Å². The van der Waals surface area contributed by atoms with E-state index in [4.69, 9.17) is 9.47 Å². The van der Waals surface area contributed by atoms with Crippen LogP contribution in [0.25, 0.3) is 0 Å². The summed E-state index contributed by atoms with van der Waals surface area (Å²) in [7, 11) is 2.98. The predicted molar refractivity (Wildman–Crippen MR) is 95.0 cm³/mol. The van der Waals surface area contributed by atoms with Gasteiger partial charge < -0.3 is 19.7 Å². The Balaban J connectivity index is 1.76. The van der Waals surface area contributed by atoms with Gasteiger partial charge >= 0.3 is 0 Å². The Morgan fingerprint density at radius 3 is 2.41 bits per heavy atom. The summed E-state index contributed by atoms with van der Waals surface area (Å²) in [5.41, 5.74) is 0.0320. The van der Waals surface area contributed by atoms with Crippen molar-refractivity contribution in [1.82, 2.24) is 0 Å². The molecule has 2 aromatic rings. The highest BCUT2D eigenvalue weighted by atomic mass is 19.1. The molecular formula is C19H18F2N2O4. The van der Waals surface area contributed by atoms with E-state index in [1.54, 1.807) is 18.2 Å². The number of para-hydroxylation sites is 1. The van der Waals surface area contributed by atoms with Gasteiger partial charge in [0.1, 0.15) is 17.3 Å². The maximum absolute atomic E-state index is 13.7. The van der Waals surface area contributed by atoms with E-state index in [9.17, 15) is 18.4 Å². The molecular weight excluding hydrogens is 358 g/mol. The molecule has 2 aromatic carbocycles. The fraction of sp³-hybridized carbons (Fsp3) is 0.263. The highest BCUT2D eigenvalue weighted by molar-refractivity contribution is 6.03. The van der Waals surface area contributed by atoms with Crippen molar-refractivity contribution in [3.8, 4) is 11.5 Å². The lowest BCUT2D eigenvalue weighted by atomic mass is 10.1. The first kappa shape index (κ1) is 18.6. The number of nitrogens with one attached hydrogen (secondary N) is 1. The third kappa shape index (κ3) is 3.69. The number of ether oxygens (including phenoxy) is 2. The van der Waals surface area contributed by atoms with Crippen LogP contribution in [-0.4, -0.2) is 32.6 Å². The molecule has 1 saturated heterocycles. The summed E-state index contributed by atoms with van der Waals surface area (Å²) >= 11 is 0. The van der Waals surface area contributed by atoms with E-state index in [-0.39, 0.29) is 18.9 Å². The van der Waals surface area contributed by atoms with E-state index in [0.29, 0.717) is 17.2 Å². The molecule has 0 saturated carbocycles. The zero-order valence-corrected chi connectivity index (χ0v) is 14.8. The molecule has 0 aliphatic carbocycles. The van der Waals surface area contributed by atoms with Crippen molar-refractivity contribution in [1.29, 1.82) is 0 Å². The number of rotatable bonds is 5. The van der Waals surface area contributed by atoms with Crippen LogP contribution in [0, 0.1) is 17.6 Å². The molecule has 3 rings (SSSR count). The van der Waals surface area contributed by atoms with Gasteiger partial charge in [0, 0.05) is 24.7 Å². The molecule has 1 fully saturated rings. The smallest absolute Gasteiger partial charge is 0.229 e. The second-order valence-electron chi connectivity index (χ2n) is 6.03. The molecule has 0 spiro atoms. The number of amides is 2. The van der Waals surface area contributed by atoms with Crippen molar-refractivity contribution in [2.45, 2.75) is 6.42 Å². The standard InChI is InChI=1S/C19H18F2N2O4/c1-26-15-7-6-12(9-16(15)27-2)23-10-11(8-17(23)24)19(25)22-18-13(20)4-3-5-14(18)21/h3-7,9,11H,8,10H2,1-2H3,(H,22,25). The summed E-state index contributed by atoms with van der Waals surface area (Å²) in [6.07, 6.45) is -0.0593. The Morgan fingerprint density at radius 2 is 1.78 bits per heavy atom. The molecule has 0 radical (unpaired) electrons. The number of anilines is 2. The van der Waals surface area contributed by atoms with Crippen molar-refractivity contribution in [2.24, 2.45) is 5.92 Å². The molecule has 1 atom stereocenters. The molecule has 6 nitrogen and oxygen atoms in total. The third-order valence-electron chi connectivity index (χ3n) is 4.39. The summed E-state index contributed by atoms with van der Waals surface area (Å²) in [6.45, 7) is 0.0935. The zero-order chi connectivity index (χ0) is 19.6. The Kier molecular flexibility index (Phi) is 5.25. The van der Waals surface area contributed by atoms with Crippen molar-refractivity contribution in [2.75, 3.05) is 31.0 Å². The summed E-state index contributed by atoms with van der Waals surface area (Å²) in [5.74, 6) is -2.40. The molecule has 1 heterocycles. The largest absolute Gasteiger partial charge is 0.493 e. The number of carbonyl (C=O) groups is 2.